The second-order valence-electron chi connectivity index (χ2n) is 7.68. The molecule has 0 aromatic carbocycles. The molecule has 10 heteroatoms. The lowest BCUT2D eigenvalue weighted by Crippen LogP contribution is -2.63. The third-order valence-electron chi connectivity index (χ3n) is 6.33. The minimum atomic E-state index is -3.42. The average Bonchev–Trinajstić information content (AvgIpc) is 3.14. The third-order valence-corrected chi connectivity index (χ3v) is 8.14. The molecule has 2 heterocycles. The highest BCUT2D eigenvalue weighted by molar-refractivity contribution is 7.89. The molecule has 152 valence electrons. The van der Waals surface area contributed by atoms with Crippen LogP contribution in [-0.2, 0) is 24.4 Å². The molecule has 0 aromatic heterocycles. The fourth-order valence-electron chi connectivity index (χ4n) is 4.46. The van der Waals surface area contributed by atoms with Gasteiger partial charge in [0.1, 0.15) is 5.92 Å². The molecule has 1 aliphatic carbocycles. The van der Waals surface area contributed by atoms with E-state index in [2.05, 4.69) is 10.6 Å². The number of nitrogens with one attached hydrogen (secondary N) is 2. The van der Waals surface area contributed by atoms with Crippen LogP contribution in [0.3, 0.4) is 0 Å². The third kappa shape index (κ3) is 3.56. The Labute approximate surface area is 159 Å². The van der Waals surface area contributed by atoms with E-state index in [1.54, 1.807) is 4.90 Å². The lowest BCUT2D eigenvalue weighted by atomic mass is 9.67. The molecule has 3 unspecified atom stereocenters. The second-order valence-corrected chi connectivity index (χ2v) is 10.0. The van der Waals surface area contributed by atoms with Gasteiger partial charge in [-0.1, -0.05) is 0 Å². The first kappa shape index (κ1) is 20.1. The molecule has 2 N–H and O–H groups in total. The fraction of sp³-hybridized carbons (Fsp3) is 0.824. The second kappa shape index (κ2) is 7.38. The topological polar surface area (TPSA) is 116 Å². The van der Waals surface area contributed by atoms with Crippen molar-refractivity contribution in [1.82, 2.24) is 19.8 Å². The smallest absolute Gasteiger partial charge is 0.235 e. The van der Waals surface area contributed by atoms with Crippen LogP contribution in [0.1, 0.15) is 32.6 Å². The standard InChI is InChI=1S/C17H28N4O5S/c1-3-27(25,26)20(2)10-14(22)19-11-17-7-4-12(17)6-9-21(17)16(24)13-5-8-18-15(13)23/h12-13H,3-11H2,1-2H3,(H,18,23)(H,19,22). The summed E-state index contributed by atoms with van der Waals surface area (Å²) in [6.45, 7) is 2.72. The fourth-order valence-corrected chi connectivity index (χ4v) is 5.22. The molecule has 3 aliphatic rings. The Hall–Kier alpha value is -1.68. The maximum absolute atomic E-state index is 12.9. The van der Waals surface area contributed by atoms with Crippen LogP contribution in [-0.4, -0.2) is 79.9 Å². The van der Waals surface area contributed by atoms with Gasteiger partial charge in [-0.05, 0) is 38.5 Å². The predicted molar refractivity (Wildman–Crippen MR) is 98.0 cm³/mol. The van der Waals surface area contributed by atoms with E-state index in [0.29, 0.717) is 32.0 Å². The van der Waals surface area contributed by atoms with Crippen LogP contribution in [0.4, 0.5) is 0 Å². The van der Waals surface area contributed by atoms with Crippen molar-refractivity contribution in [2.75, 3.05) is 39.0 Å². The van der Waals surface area contributed by atoms with Gasteiger partial charge in [0.15, 0.2) is 0 Å². The van der Waals surface area contributed by atoms with E-state index in [4.69, 9.17) is 0 Å². The average molecular weight is 401 g/mol. The SMILES string of the molecule is CCS(=O)(=O)N(C)CC(=O)NCC12CCC1CCN2C(=O)C1CCNC1=O. The highest BCUT2D eigenvalue weighted by Crippen LogP contribution is 2.50. The molecule has 3 atom stereocenters. The summed E-state index contributed by atoms with van der Waals surface area (Å²) in [6.07, 6.45) is 3.18. The molecule has 3 fully saturated rings. The maximum atomic E-state index is 12.9. The Bertz CT molecular complexity index is 740. The van der Waals surface area contributed by atoms with Crippen molar-refractivity contribution < 1.29 is 22.8 Å². The number of hydrogen-bond acceptors (Lipinski definition) is 5. The normalized spacial score (nSPS) is 30.0. The van der Waals surface area contributed by atoms with Gasteiger partial charge in [0.05, 0.1) is 17.8 Å². The number of fused-ring (bicyclic) bond motifs is 1. The van der Waals surface area contributed by atoms with Crippen molar-refractivity contribution >= 4 is 27.7 Å². The monoisotopic (exact) mass is 400 g/mol. The van der Waals surface area contributed by atoms with Crippen molar-refractivity contribution in [3.05, 3.63) is 0 Å². The first-order valence-electron chi connectivity index (χ1n) is 9.51. The molecular formula is C17H28N4O5S. The Morgan fingerprint density at radius 3 is 2.63 bits per heavy atom. The molecular weight excluding hydrogens is 372 g/mol. The van der Waals surface area contributed by atoms with Gasteiger partial charge in [-0.15, -0.1) is 0 Å². The summed E-state index contributed by atoms with van der Waals surface area (Å²) in [7, 11) is -2.04. The Balaban J connectivity index is 1.63. The summed E-state index contributed by atoms with van der Waals surface area (Å²) >= 11 is 0. The van der Waals surface area contributed by atoms with Crippen LogP contribution in [0.5, 0.6) is 0 Å². The van der Waals surface area contributed by atoms with Gasteiger partial charge in [-0.2, -0.15) is 4.31 Å². The molecule has 3 rings (SSSR count). The lowest BCUT2D eigenvalue weighted by Gasteiger charge is -2.50. The highest BCUT2D eigenvalue weighted by Gasteiger charge is 2.57. The van der Waals surface area contributed by atoms with Gasteiger partial charge in [-0.25, -0.2) is 8.42 Å². The first-order chi connectivity index (χ1) is 12.7. The van der Waals surface area contributed by atoms with Crippen molar-refractivity contribution in [2.45, 2.75) is 38.1 Å². The van der Waals surface area contributed by atoms with Crippen molar-refractivity contribution in [3.8, 4) is 0 Å². The Morgan fingerprint density at radius 2 is 2.07 bits per heavy atom. The van der Waals surface area contributed by atoms with Gasteiger partial charge >= 0.3 is 0 Å². The Morgan fingerprint density at radius 1 is 1.33 bits per heavy atom. The van der Waals surface area contributed by atoms with Gasteiger partial charge in [0.2, 0.25) is 27.7 Å². The molecule has 2 saturated heterocycles. The quantitative estimate of drug-likeness (QED) is 0.527. The molecule has 0 radical (unpaired) electrons. The van der Waals surface area contributed by atoms with E-state index in [1.165, 1.54) is 14.0 Å². The van der Waals surface area contributed by atoms with Gasteiger partial charge in [-0.3, -0.25) is 14.4 Å². The number of hydrogen-bond donors (Lipinski definition) is 2. The summed E-state index contributed by atoms with van der Waals surface area (Å²) in [6, 6.07) is 0. The zero-order valence-corrected chi connectivity index (χ0v) is 16.7. The van der Waals surface area contributed by atoms with Crippen LogP contribution in [0.25, 0.3) is 0 Å². The molecule has 3 amide bonds. The molecule has 0 bridgehead atoms. The Kier molecular flexibility index (Phi) is 5.49. The van der Waals surface area contributed by atoms with Gasteiger partial charge in [0, 0.05) is 26.7 Å². The van der Waals surface area contributed by atoms with E-state index in [9.17, 15) is 22.8 Å². The summed E-state index contributed by atoms with van der Waals surface area (Å²) in [5.74, 6) is -1.11. The molecule has 1 saturated carbocycles. The number of carbonyl (C=O) groups is 3. The van der Waals surface area contributed by atoms with E-state index in [-0.39, 0.29) is 30.0 Å². The first-order valence-corrected chi connectivity index (χ1v) is 11.1. The predicted octanol–water partition coefficient (Wildman–Crippen LogP) is -1.10. The molecule has 0 spiro atoms. The van der Waals surface area contributed by atoms with E-state index in [0.717, 1.165) is 23.6 Å². The van der Waals surface area contributed by atoms with Crippen LogP contribution >= 0.6 is 0 Å². The zero-order valence-electron chi connectivity index (χ0n) is 15.9. The van der Waals surface area contributed by atoms with Crippen LogP contribution in [0, 0.1) is 11.8 Å². The number of sulfonamides is 1. The highest BCUT2D eigenvalue weighted by atomic mass is 32.2. The largest absolute Gasteiger partial charge is 0.355 e. The zero-order chi connectivity index (χ0) is 19.8. The van der Waals surface area contributed by atoms with Gasteiger partial charge < -0.3 is 15.5 Å². The molecule has 9 nitrogen and oxygen atoms in total. The van der Waals surface area contributed by atoms with Crippen molar-refractivity contribution in [2.24, 2.45) is 11.8 Å². The van der Waals surface area contributed by atoms with Crippen LogP contribution in [0.15, 0.2) is 0 Å². The van der Waals surface area contributed by atoms with Gasteiger partial charge in [0.25, 0.3) is 0 Å². The lowest BCUT2D eigenvalue weighted by molar-refractivity contribution is -0.148. The number of rotatable bonds is 7. The summed E-state index contributed by atoms with van der Waals surface area (Å²) < 4.78 is 24.6. The molecule has 2 aliphatic heterocycles. The summed E-state index contributed by atoms with van der Waals surface area (Å²) in [5, 5.41) is 5.52. The van der Waals surface area contributed by atoms with Crippen molar-refractivity contribution in [1.29, 1.82) is 0 Å². The van der Waals surface area contributed by atoms with Crippen LogP contribution < -0.4 is 10.6 Å². The number of carbonyl (C=O) groups excluding carboxylic acids is 3. The maximum Gasteiger partial charge on any atom is 0.235 e. The van der Waals surface area contributed by atoms with E-state index in [1.807, 2.05) is 0 Å². The molecule has 0 aromatic rings. The van der Waals surface area contributed by atoms with E-state index < -0.39 is 21.5 Å². The van der Waals surface area contributed by atoms with E-state index >= 15 is 0 Å². The molecule has 27 heavy (non-hydrogen) atoms. The number of nitrogens with zero attached hydrogens (tertiary/aromatic N) is 2. The summed E-state index contributed by atoms with van der Waals surface area (Å²) in [4.78, 5) is 38.9. The summed E-state index contributed by atoms with van der Waals surface area (Å²) in [5.41, 5.74) is -0.433. The van der Waals surface area contributed by atoms with Crippen LogP contribution in [0.2, 0.25) is 0 Å². The van der Waals surface area contributed by atoms with Crippen molar-refractivity contribution in [3.63, 3.8) is 0 Å². The minimum absolute atomic E-state index is 0.0610. The number of likely N-dealkylation sites (tertiary alicyclic amines) is 1. The minimum Gasteiger partial charge on any atom is -0.355 e. The number of amides is 3. The number of likely N-dealkylation sites (N-methyl/N-ethyl adjacent to an activating group) is 1.